The van der Waals surface area contributed by atoms with Crippen LogP contribution in [-0.4, -0.2) is 19.4 Å². The summed E-state index contributed by atoms with van der Waals surface area (Å²) in [5, 5.41) is 19.4. The maximum absolute atomic E-state index is 11.9. The van der Waals surface area contributed by atoms with Crippen molar-refractivity contribution in [2.75, 3.05) is 0 Å². The lowest BCUT2D eigenvalue weighted by molar-refractivity contribution is -0.384. The van der Waals surface area contributed by atoms with Gasteiger partial charge in [-0.1, -0.05) is 12.1 Å². The molecule has 1 N–H and O–H groups in total. The Hall–Kier alpha value is -1.98. The first-order valence-electron chi connectivity index (χ1n) is 6.04. The Balaban J connectivity index is 2.04. The second-order valence-electron chi connectivity index (χ2n) is 4.74. The number of sulfonamides is 1. The second kappa shape index (κ2) is 5.56. The zero-order valence-corrected chi connectivity index (χ0v) is 11.3. The standard InChI is InChI=1S/C12H13N3O4S/c13-7-12(10-3-4-10)14-20(18,19)8-9-1-5-11(6-2-9)15(16)17/h1-2,5-6,10,12,14H,3-4,8H2. The molecule has 20 heavy (non-hydrogen) atoms. The molecule has 1 aliphatic rings. The van der Waals surface area contributed by atoms with Gasteiger partial charge in [-0.15, -0.1) is 0 Å². The van der Waals surface area contributed by atoms with Gasteiger partial charge in [-0.05, 0) is 24.3 Å². The number of nitro benzene ring substituents is 1. The Kier molecular flexibility index (Phi) is 4.01. The van der Waals surface area contributed by atoms with E-state index in [1.54, 1.807) is 0 Å². The van der Waals surface area contributed by atoms with Crippen LogP contribution in [0.2, 0.25) is 0 Å². The summed E-state index contributed by atoms with van der Waals surface area (Å²) in [4.78, 5) is 9.96. The number of nitrogens with one attached hydrogen (secondary N) is 1. The molecule has 0 spiro atoms. The third kappa shape index (κ3) is 3.76. The predicted octanol–water partition coefficient (Wildman–Crippen LogP) is 1.32. The zero-order chi connectivity index (χ0) is 14.8. The van der Waals surface area contributed by atoms with Crippen molar-refractivity contribution >= 4 is 15.7 Å². The lowest BCUT2D eigenvalue weighted by atomic mass is 10.2. The van der Waals surface area contributed by atoms with Crippen molar-refractivity contribution in [1.82, 2.24) is 4.72 Å². The normalized spacial score (nSPS) is 16.4. The van der Waals surface area contributed by atoms with E-state index in [0.717, 1.165) is 12.8 Å². The molecule has 1 atom stereocenters. The van der Waals surface area contributed by atoms with Crippen molar-refractivity contribution in [2.24, 2.45) is 5.92 Å². The van der Waals surface area contributed by atoms with E-state index in [1.807, 2.05) is 6.07 Å². The van der Waals surface area contributed by atoms with Gasteiger partial charge in [-0.3, -0.25) is 10.1 Å². The molecule has 0 bridgehead atoms. The van der Waals surface area contributed by atoms with E-state index >= 15 is 0 Å². The first-order chi connectivity index (χ1) is 9.41. The summed E-state index contributed by atoms with van der Waals surface area (Å²) in [7, 11) is -3.63. The number of nitriles is 1. The van der Waals surface area contributed by atoms with E-state index < -0.39 is 21.0 Å². The molecule has 1 aromatic carbocycles. The van der Waals surface area contributed by atoms with E-state index in [1.165, 1.54) is 24.3 Å². The van der Waals surface area contributed by atoms with E-state index in [0.29, 0.717) is 5.56 Å². The number of benzene rings is 1. The lowest BCUT2D eigenvalue weighted by Gasteiger charge is -2.11. The Morgan fingerprint density at radius 2 is 2.00 bits per heavy atom. The van der Waals surface area contributed by atoms with Gasteiger partial charge in [0.05, 0.1) is 16.7 Å². The predicted molar refractivity (Wildman–Crippen MR) is 71.0 cm³/mol. The second-order valence-corrected chi connectivity index (χ2v) is 6.50. The summed E-state index contributed by atoms with van der Waals surface area (Å²) < 4.78 is 26.2. The van der Waals surface area contributed by atoms with Crippen LogP contribution in [0.25, 0.3) is 0 Å². The van der Waals surface area contributed by atoms with Crippen LogP contribution < -0.4 is 4.72 Å². The first kappa shape index (κ1) is 14.4. The van der Waals surface area contributed by atoms with Crippen LogP contribution in [0.1, 0.15) is 18.4 Å². The smallest absolute Gasteiger partial charge is 0.258 e. The van der Waals surface area contributed by atoms with Gasteiger partial charge in [0.1, 0.15) is 6.04 Å². The Morgan fingerprint density at radius 1 is 1.40 bits per heavy atom. The summed E-state index contributed by atoms with van der Waals surface area (Å²) in [6, 6.07) is 6.58. The number of hydrogen-bond donors (Lipinski definition) is 1. The molecule has 8 heteroatoms. The monoisotopic (exact) mass is 295 g/mol. The van der Waals surface area contributed by atoms with Gasteiger partial charge in [0.25, 0.3) is 5.69 Å². The number of non-ortho nitro benzene ring substituents is 1. The molecule has 0 heterocycles. The molecule has 0 radical (unpaired) electrons. The van der Waals surface area contributed by atoms with E-state index in [4.69, 9.17) is 5.26 Å². The van der Waals surface area contributed by atoms with Gasteiger partial charge < -0.3 is 0 Å². The minimum Gasteiger partial charge on any atom is -0.258 e. The Labute approximate surface area is 116 Å². The van der Waals surface area contributed by atoms with Crippen molar-refractivity contribution in [1.29, 1.82) is 5.26 Å². The highest BCUT2D eigenvalue weighted by atomic mass is 32.2. The van der Waals surface area contributed by atoms with Crippen LogP contribution in [0.4, 0.5) is 5.69 Å². The number of hydrogen-bond acceptors (Lipinski definition) is 5. The SMILES string of the molecule is N#CC(NS(=O)(=O)Cc1ccc([N+](=O)[O-])cc1)C1CC1. The van der Waals surface area contributed by atoms with Gasteiger partial charge in [-0.2, -0.15) is 9.98 Å². The Bertz CT molecular complexity index is 644. The molecule has 0 aliphatic heterocycles. The molecule has 2 rings (SSSR count). The highest BCUT2D eigenvalue weighted by Crippen LogP contribution is 2.32. The molecule has 0 saturated heterocycles. The van der Waals surface area contributed by atoms with Crippen LogP contribution in [0.15, 0.2) is 24.3 Å². The zero-order valence-electron chi connectivity index (χ0n) is 10.5. The molecule has 1 fully saturated rings. The number of nitro groups is 1. The summed E-state index contributed by atoms with van der Waals surface area (Å²) in [5.41, 5.74) is 0.350. The summed E-state index contributed by atoms with van der Waals surface area (Å²) in [5.74, 6) is -0.192. The molecule has 7 nitrogen and oxygen atoms in total. The van der Waals surface area contributed by atoms with Crippen molar-refractivity contribution in [3.8, 4) is 6.07 Å². The molecule has 1 aromatic rings. The summed E-state index contributed by atoms with van der Waals surface area (Å²) >= 11 is 0. The van der Waals surface area contributed by atoms with E-state index in [-0.39, 0.29) is 17.4 Å². The van der Waals surface area contributed by atoms with Crippen molar-refractivity contribution in [3.63, 3.8) is 0 Å². The minimum absolute atomic E-state index is 0.0908. The van der Waals surface area contributed by atoms with Crippen molar-refractivity contribution in [3.05, 3.63) is 39.9 Å². The summed E-state index contributed by atoms with van der Waals surface area (Å²) in [6.07, 6.45) is 1.72. The minimum atomic E-state index is -3.63. The van der Waals surface area contributed by atoms with Gasteiger partial charge in [-0.25, -0.2) is 8.42 Å². The maximum Gasteiger partial charge on any atom is 0.269 e. The fourth-order valence-corrected chi connectivity index (χ4v) is 3.17. The number of rotatable bonds is 6. The largest absolute Gasteiger partial charge is 0.269 e. The molecular formula is C12H13N3O4S. The number of nitrogens with zero attached hydrogens (tertiary/aromatic N) is 2. The Morgan fingerprint density at radius 3 is 2.45 bits per heavy atom. The van der Waals surface area contributed by atoms with Gasteiger partial charge in [0.2, 0.25) is 10.0 Å². The van der Waals surface area contributed by atoms with Crippen LogP contribution in [0.3, 0.4) is 0 Å². The van der Waals surface area contributed by atoms with Gasteiger partial charge in [0, 0.05) is 12.1 Å². The van der Waals surface area contributed by atoms with Gasteiger partial charge in [0.15, 0.2) is 0 Å². The molecule has 0 aromatic heterocycles. The third-order valence-electron chi connectivity index (χ3n) is 3.04. The average Bonchev–Trinajstić information content (AvgIpc) is 3.20. The summed E-state index contributed by atoms with van der Waals surface area (Å²) in [6.45, 7) is 0. The fraction of sp³-hybridized carbons (Fsp3) is 0.417. The maximum atomic E-state index is 11.9. The molecule has 1 saturated carbocycles. The van der Waals surface area contributed by atoms with E-state index in [9.17, 15) is 18.5 Å². The lowest BCUT2D eigenvalue weighted by Crippen LogP contribution is -2.36. The molecule has 106 valence electrons. The molecule has 0 amide bonds. The topological polar surface area (TPSA) is 113 Å². The van der Waals surface area contributed by atoms with Gasteiger partial charge >= 0.3 is 0 Å². The quantitative estimate of drug-likeness (QED) is 0.628. The fourth-order valence-electron chi connectivity index (χ4n) is 1.83. The van der Waals surface area contributed by atoms with Crippen LogP contribution in [-0.2, 0) is 15.8 Å². The third-order valence-corrected chi connectivity index (χ3v) is 4.37. The molecular weight excluding hydrogens is 282 g/mol. The first-order valence-corrected chi connectivity index (χ1v) is 7.69. The van der Waals surface area contributed by atoms with Crippen molar-refractivity contribution < 1.29 is 13.3 Å². The van der Waals surface area contributed by atoms with Crippen molar-refractivity contribution in [2.45, 2.75) is 24.6 Å². The average molecular weight is 295 g/mol. The molecule has 1 aliphatic carbocycles. The van der Waals surface area contributed by atoms with Crippen LogP contribution in [0, 0.1) is 27.4 Å². The van der Waals surface area contributed by atoms with Crippen LogP contribution in [0.5, 0.6) is 0 Å². The highest BCUT2D eigenvalue weighted by Gasteiger charge is 2.33. The molecule has 1 unspecified atom stereocenters. The van der Waals surface area contributed by atoms with E-state index in [2.05, 4.69) is 4.72 Å². The highest BCUT2D eigenvalue weighted by molar-refractivity contribution is 7.88. The van der Waals surface area contributed by atoms with Crippen LogP contribution >= 0.6 is 0 Å².